The second-order valence-corrected chi connectivity index (χ2v) is 6.09. The van der Waals surface area contributed by atoms with Crippen LogP contribution < -0.4 is 14.8 Å². The van der Waals surface area contributed by atoms with E-state index in [2.05, 4.69) is 5.32 Å². The van der Waals surface area contributed by atoms with Crippen LogP contribution in [0.2, 0.25) is 0 Å². The number of carbonyl (C=O) groups is 2. The van der Waals surface area contributed by atoms with Crippen LogP contribution in [0.4, 0.5) is 0 Å². The molecule has 2 rings (SSSR count). The van der Waals surface area contributed by atoms with Crippen LogP contribution in [0.3, 0.4) is 0 Å². The van der Waals surface area contributed by atoms with Gasteiger partial charge in [-0.1, -0.05) is 6.07 Å². The van der Waals surface area contributed by atoms with E-state index in [9.17, 15) is 14.7 Å². The molecule has 0 saturated carbocycles. The van der Waals surface area contributed by atoms with Crippen LogP contribution in [-0.2, 0) is 14.3 Å². The molecule has 0 unspecified atom stereocenters. The highest BCUT2D eigenvalue weighted by molar-refractivity contribution is 5.82. The van der Waals surface area contributed by atoms with Crippen molar-refractivity contribution in [2.24, 2.45) is 5.92 Å². The molecular weight excluding hydrogens is 326 g/mol. The Morgan fingerprint density at radius 2 is 2.00 bits per heavy atom. The Morgan fingerprint density at radius 3 is 2.60 bits per heavy atom. The quantitative estimate of drug-likeness (QED) is 0.655. The molecule has 25 heavy (non-hydrogen) atoms. The number of aliphatic carboxylic acids is 1. The largest absolute Gasteiger partial charge is 0.493 e. The Kier molecular flexibility index (Phi) is 6.78. The first kappa shape index (κ1) is 19.2. The molecule has 7 nitrogen and oxygen atoms in total. The van der Waals surface area contributed by atoms with E-state index in [0.717, 1.165) is 12.0 Å². The van der Waals surface area contributed by atoms with Crippen LogP contribution in [-0.4, -0.2) is 50.3 Å². The van der Waals surface area contributed by atoms with E-state index in [4.69, 9.17) is 14.2 Å². The molecule has 0 bridgehead atoms. The maximum atomic E-state index is 11.9. The maximum Gasteiger partial charge on any atom is 0.320 e. The molecule has 1 aliphatic rings. The van der Waals surface area contributed by atoms with E-state index in [1.54, 1.807) is 20.3 Å². The van der Waals surface area contributed by atoms with Gasteiger partial charge in [0.05, 0.1) is 13.7 Å². The summed E-state index contributed by atoms with van der Waals surface area (Å²) in [5, 5.41) is 12.3. The molecule has 1 aromatic carbocycles. The number of benzene rings is 1. The highest BCUT2D eigenvalue weighted by Gasteiger charge is 2.40. The van der Waals surface area contributed by atoms with Gasteiger partial charge in [0, 0.05) is 32.1 Å². The SMILES string of the molecule is COCCCOc1cc([C@@H]2N[C@H](C(=O)O)C[C@@H]2C(C)=O)ccc1OC. The molecule has 0 aromatic heterocycles. The summed E-state index contributed by atoms with van der Waals surface area (Å²) in [5.74, 6) is -0.193. The lowest BCUT2D eigenvalue weighted by molar-refractivity contribution is -0.139. The van der Waals surface area contributed by atoms with Gasteiger partial charge in [-0.05, 0) is 31.0 Å². The molecular formula is C18H25NO6. The zero-order chi connectivity index (χ0) is 18.4. The molecule has 138 valence electrons. The fraction of sp³-hybridized carbons (Fsp3) is 0.556. The molecule has 1 saturated heterocycles. The third-order valence-electron chi connectivity index (χ3n) is 4.39. The lowest BCUT2D eigenvalue weighted by Crippen LogP contribution is -2.32. The predicted octanol–water partition coefficient (Wildman–Crippen LogP) is 1.80. The van der Waals surface area contributed by atoms with Crippen LogP contribution in [0, 0.1) is 5.92 Å². The number of ether oxygens (including phenoxy) is 3. The number of hydrogen-bond acceptors (Lipinski definition) is 6. The van der Waals surface area contributed by atoms with Gasteiger partial charge in [-0.3, -0.25) is 14.9 Å². The normalized spacial score (nSPS) is 22.6. The Bertz CT molecular complexity index is 618. The summed E-state index contributed by atoms with van der Waals surface area (Å²) < 4.78 is 16.1. The molecule has 0 aliphatic carbocycles. The summed E-state index contributed by atoms with van der Waals surface area (Å²) >= 11 is 0. The number of carboxylic acids is 1. The lowest BCUT2D eigenvalue weighted by Gasteiger charge is -2.20. The molecule has 1 fully saturated rings. The van der Waals surface area contributed by atoms with Crippen molar-refractivity contribution in [1.29, 1.82) is 0 Å². The van der Waals surface area contributed by atoms with Crippen molar-refractivity contribution in [3.63, 3.8) is 0 Å². The molecule has 2 N–H and O–H groups in total. The number of carboxylic acid groups (broad SMARTS) is 1. The summed E-state index contributed by atoms with van der Waals surface area (Å²) in [4.78, 5) is 23.2. The number of methoxy groups -OCH3 is 2. The molecule has 3 atom stereocenters. The highest BCUT2D eigenvalue weighted by Crippen LogP contribution is 2.37. The molecule has 0 spiro atoms. The Balaban J connectivity index is 2.22. The summed E-state index contributed by atoms with van der Waals surface area (Å²) in [6.07, 6.45) is 1.02. The Hall–Kier alpha value is -2.12. The number of Topliss-reactive ketones (excluding diaryl/α,β-unsaturated/α-hetero) is 1. The maximum absolute atomic E-state index is 11.9. The fourth-order valence-corrected chi connectivity index (χ4v) is 3.08. The van der Waals surface area contributed by atoms with E-state index < -0.39 is 12.0 Å². The number of nitrogens with one attached hydrogen (secondary N) is 1. The van der Waals surface area contributed by atoms with Gasteiger partial charge in [0.1, 0.15) is 11.8 Å². The summed E-state index contributed by atoms with van der Waals surface area (Å²) in [5.41, 5.74) is 0.812. The van der Waals surface area contributed by atoms with Gasteiger partial charge in [-0.2, -0.15) is 0 Å². The average molecular weight is 351 g/mol. The minimum absolute atomic E-state index is 0.0281. The van der Waals surface area contributed by atoms with Crippen LogP contribution >= 0.6 is 0 Å². The molecule has 7 heteroatoms. The van der Waals surface area contributed by atoms with E-state index in [1.165, 1.54) is 6.92 Å². The summed E-state index contributed by atoms with van der Waals surface area (Å²) in [6.45, 7) is 2.56. The minimum atomic E-state index is -0.946. The van der Waals surface area contributed by atoms with Crippen LogP contribution in [0.15, 0.2) is 18.2 Å². The van der Waals surface area contributed by atoms with Crippen molar-refractivity contribution < 1.29 is 28.9 Å². The molecule has 1 aromatic rings. The monoisotopic (exact) mass is 351 g/mol. The second kappa shape index (κ2) is 8.82. The van der Waals surface area contributed by atoms with Crippen LogP contribution in [0.1, 0.15) is 31.4 Å². The molecule has 0 radical (unpaired) electrons. The lowest BCUT2D eigenvalue weighted by atomic mass is 9.90. The first-order valence-electron chi connectivity index (χ1n) is 8.27. The van der Waals surface area contributed by atoms with Crippen molar-refractivity contribution in [1.82, 2.24) is 5.32 Å². The zero-order valence-electron chi connectivity index (χ0n) is 14.8. The first-order chi connectivity index (χ1) is 12.0. The van der Waals surface area contributed by atoms with Gasteiger partial charge in [0.25, 0.3) is 0 Å². The minimum Gasteiger partial charge on any atom is -0.493 e. The first-order valence-corrected chi connectivity index (χ1v) is 8.27. The fourth-order valence-electron chi connectivity index (χ4n) is 3.08. The van der Waals surface area contributed by atoms with Crippen molar-refractivity contribution in [3.05, 3.63) is 23.8 Å². The van der Waals surface area contributed by atoms with Crippen molar-refractivity contribution in [3.8, 4) is 11.5 Å². The van der Waals surface area contributed by atoms with Gasteiger partial charge < -0.3 is 19.3 Å². The van der Waals surface area contributed by atoms with Crippen molar-refractivity contribution >= 4 is 11.8 Å². The van der Waals surface area contributed by atoms with Crippen molar-refractivity contribution in [2.75, 3.05) is 27.4 Å². The second-order valence-electron chi connectivity index (χ2n) is 6.09. The van der Waals surface area contributed by atoms with Crippen LogP contribution in [0.25, 0.3) is 0 Å². The standard InChI is InChI=1S/C18H25NO6/c1-11(20)13-10-14(18(21)22)19-17(13)12-5-6-15(24-3)16(9-12)25-8-4-7-23-2/h5-6,9,13-14,17,19H,4,7-8,10H2,1-3H3,(H,21,22)/t13-,14+,17+/m1/s1. The Labute approximate surface area is 147 Å². The highest BCUT2D eigenvalue weighted by atomic mass is 16.5. The third-order valence-corrected chi connectivity index (χ3v) is 4.39. The number of hydrogen-bond donors (Lipinski definition) is 2. The van der Waals surface area contributed by atoms with Crippen molar-refractivity contribution in [2.45, 2.75) is 31.8 Å². The predicted molar refractivity (Wildman–Crippen MR) is 91.1 cm³/mol. The van der Waals surface area contributed by atoms with E-state index >= 15 is 0 Å². The van der Waals surface area contributed by atoms with E-state index in [-0.39, 0.29) is 24.2 Å². The number of ketones is 1. The Morgan fingerprint density at radius 1 is 1.24 bits per heavy atom. The number of rotatable bonds is 9. The molecule has 1 heterocycles. The molecule has 0 amide bonds. The van der Waals surface area contributed by atoms with Gasteiger partial charge in [0.15, 0.2) is 11.5 Å². The smallest absolute Gasteiger partial charge is 0.320 e. The van der Waals surface area contributed by atoms with E-state index in [0.29, 0.717) is 24.7 Å². The topological polar surface area (TPSA) is 94.1 Å². The third kappa shape index (κ3) is 4.70. The van der Waals surface area contributed by atoms with Gasteiger partial charge >= 0.3 is 5.97 Å². The summed E-state index contributed by atoms with van der Waals surface area (Å²) in [6, 6.07) is 4.33. The summed E-state index contributed by atoms with van der Waals surface area (Å²) in [7, 11) is 3.19. The molecule has 1 aliphatic heterocycles. The van der Waals surface area contributed by atoms with Gasteiger partial charge in [-0.15, -0.1) is 0 Å². The number of carbonyl (C=O) groups excluding carboxylic acids is 1. The van der Waals surface area contributed by atoms with Crippen LogP contribution in [0.5, 0.6) is 11.5 Å². The average Bonchev–Trinajstić information content (AvgIpc) is 3.04. The van der Waals surface area contributed by atoms with Gasteiger partial charge in [-0.25, -0.2) is 0 Å². The van der Waals surface area contributed by atoms with Gasteiger partial charge in [0.2, 0.25) is 0 Å². The zero-order valence-corrected chi connectivity index (χ0v) is 14.8. The van der Waals surface area contributed by atoms with E-state index in [1.807, 2.05) is 12.1 Å².